The van der Waals surface area contributed by atoms with Gasteiger partial charge in [-0.2, -0.15) is 0 Å². The number of hydrogen-bond acceptors (Lipinski definition) is 4. The summed E-state index contributed by atoms with van der Waals surface area (Å²) in [5.41, 5.74) is 1.32. The second-order valence-electron chi connectivity index (χ2n) is 6.53. The Morgan fingerprint density at radius 3 is 2.56 bits per heavy atom. The third kappa shape index (κ3) is 4.74. The molecule has 1 saturated heterocycles. The van der Waals surface area contributed by atoms with Gasteiger partial charge >= 0.3 is 0 Å². The van der Waals surface area contributed by atoms with Crippen molar-refractivity contribution >= 4 is 5.82 Å². The third-order valence-electron chi connectivity index (χ3n) is 4.21. The first-order chi connectivity index (χ1) is 12.0. The molecule has 1 aromatic heterocycles. The fourth-order valence-corrected chi connectivity index (χ4v) is 3.09. The molecule has 1 fully saturated rings. The number of hydrogen-bond donors (Lipinski definition) is 1. The van der Waals surface area contributed by atoms with Crippen molar-refractivity contribution in [3.05, 3.63) is 59.3 Å². The van der Waals surface area contributed by atoms with Crippen LogP contribution in [0.5, 0.6) is 0 Å². The van der Waals surface area contributed by atoms with E-state index in [0.29, 0.717) is 12.1 Å². The average molecular weight is 347 g/mol. The number of morpholine rings is 1. The van der Waals surface area contributed by atoms with Crippen LogP contribution in [-0.2, 0) is 17.8 Å². The summed E-state index contributed by atoms with van der Waals surface area (Å²) in [6.45, 7) is 6.59. The standard InChI is InChI=1S/C19H23F2N3O/c1-13-11-24(12-14(2)25-13)19-6-3-15(9-23-19)8-22-10-16-7-17(20)4-5-18(16)21/h3-7,9,13-14,22H,8,10-12H2,1-2H3/t13-,14+. The summed E-state index contributed by atoms with van der Waals surface area (Å²) in [4.78, 5) is 6.75. The van der Waals surface area contributed by atoms with Crippen LogP contribution in [0.3, 0.4) is 0 Å². The highest BCUT2D eigenvalue weighted by Crippen LogP contribution is 2.18. The molecule has 4 nitrogen and oxygen atoms in total. The highest BCUT2D eigenvalue weighted by molar-refractivity contribution is 5.40. The van der Waals surface area contributed by atoms with Gasteiger partial charge in [-0.3, -0.25) is 0 Å². The summed E-state index contributed by atoms with van der Waals surface area (Å²) in [5.74, 6) is 0.0954. The maximum Gasteiger partial charge on any atom is 0.128 e. The molecule has 1 N–H and O–H groups in total. The quantitative estimate of drug-likeness (QED) is 0.901. The van der Waals surface area contributed by atoms with E-state index in [0.717, 1.165) is 36.6 Å². The molecule has 0 amide bonds. The van der Waals surface area contributed by atoms with Crippen LogP contribution in [0.25, 0.3) is 0 Å². The molecule has 1 aromatic carbocycles. The summed E-state index contributed by atoms with van der Waals surface area (Å²) >= 11 is 0. The maximum absolute atomic E-state index is 13.6. The van der Waals surface area contributed by atoms with Crippen molar-refractivity contribution in [3.8, 4) is 0 Å². The van der Waals surface area contributed by atoms with Crippen LogP contribution in [0.15, 0.2) is 36.5 Å². The number of aromatic nitrogens is 1. The first-order valence-corrected chi connectivity index (χ1v) is 8.51. The van der Waals surface area contributed by atoms with Gasteiger partial charge in [-0.15, -0.1) is 0 Å². The highest BCUT2D eigenvalue weighted by Gasteiger charge is 2.22. The molecule has 1 aliphatic heterocycles. The second kappa shape index (κ2) is 7.89. The predicted molar refractivity (Wildman–Crippen MR) is 93.4 cm³/mol. The zero-order chi connectivity index (χ0) is 17.8. The summed E-state index contributed by atoms with van der Waals surface area (Å²) < 4.78 is 32.5. The second-order valence-corrected chi connectivity index (χ2v) is 6.53. The molecule has 2 atom stereocenters. The van der Waals surface area contributed by atoms with Crippen molar-refractivity contribution in [2.24, 2.45) is 0 Å². The lowest BCUT2D eigenvalue weighted by Gasteiger charge is -2.36. The van der Waals surface area contributed by atoms with Gasteiger partial charge in [-0.1, -0.05) is 6.07 Å². The zero-order valence-electron chi connectivity index (χ0n) is 14.5. The lowest BCUT2D eigenvalue weighted by molar-refractivity contribution is -0.00545. The Bertz CT molecular complexity index is 698. The summed E-state index contributed by atoms with van der Waals surface area (Å²) in [6, 6.07) is 7.47. The minimum atomic E-state index is -0.432. The van der Waals surface area contributed by atoms with Crippen molar-refractivity contribution in [3.63, 3.8) is 0 Å². The Balaban J connectivity index is 1.55. The van der Waals surface area contributed by atoms with Gasteiger partial charge in [-0.05, 0) is 43.7 Å². The molecular formula is C19H23F2N3O. The van der Waals surface area contributed by atoms with E-state index in [4.69, 9.17) is 4.74 Å². The smallest absolute Gasteiger partial charge is 0.128 e. The van der Waals surface area contributed by atoms with Crippen LogP contribution in [0.1, 0.15) is 25.0 Å². The molecule has 0 radical (unpaired) electrons. The number of rotatable bonds is 5. The average Bonchev–Trinajstić information content (AvgIpc) is 2.58. The SMILES string of the molecule is C[C@@H]1CN(c2ccc(CNCc3cc(F)ccc3F)cn2)C[C@H](C)O1. The fraction of sp³-hybridized carbons (Fsp3) is 0.421. The van der Waals surface area contributed by atoms with E-state index in [9.17, 15) is 8.78 Å². The molecule has 2 aromatic rings. The minimum absolute atomic E-state index is 0.188. The minimum Gasteiger partial charge on any atom is -0.372 e. The van der Waals surface area contributed by atoms with Crippen LogP contribution in [0, 0.1) is 11.6 Å². The van der Waals surface area contributed by atoms with E-state index in [1.807, 2.05) is 18.3 Å². The van der Waals surface area contributed by atoms with Crippen molar-refractivity contribution in [2.45, 2.75) is 39.1 Å². The highest BCUT2D eigenvalue weighted by atomic mass is 19.1. The molecule has 25 heavy (non-hydrogen) atoms. The van der Waals surface area contributed by atoms with Gasteiger partial charge in [0.2, 0.25) is 0 Å². The number of pyridine rings is 1. The molecule has 0 unspecified atom stereocenters. The summed E-state index contributed by atoms with van der Waals surface area (Å²) in [6.07, 6.45) is 2.19. The third-order valence-corrected chi connectivity index (χ3v) is 4.21. The number of nitrogens with one attached hydrogen (secondary N) is 1. The fourth-order valence-electron chi connectivity index (χ4n) is 3.09. The number of anilines is 1. The van der Waals surface area contributed by atoms with Gasteiger partial charge in [0.15, 0.2) is 0 Å². The lowest BCUT2D eigenvalue weighted by Crippen LogP contribution is -2.45. The Morgan fingerprint density at radius 1 is 1.12 bits per heavy atom. The number of halogens is 2. The normalized spacial score (nSPS) is 20.7. The molecule has 2 heterocycles. The number of ether oxygens (including phenoxy) is 1. The Labute approximate surface area is 146 Å². The van der Waals surface area contributed by atoms with Gasteiger partial charge in [0.25, 0.3) is 0 Å². The largest absolute Gasteiger partial charge is 0.372 e. The maximum atomic E-state index is 13.6. The van der Waals surface area contributed by atoms with Crippen molar-refractivity contribution in [1.29, 1.82) is 0 Å². The Morgan fingerprint density at radius 2 is 1.88 bits per heavy atom. The van der Waals surface area contributed by atoms with Gasteiger partial charge in [0, 0.05) is 37.9 Å². The summed E-state index contributed by atoms with van der Waals surface area (Å²) in [7, 11) is 0. The van der Waals surface area contributed by atoms with Gasteiger partial charge in [-0.25, -0.2) is 13.8 Å². The zero-order valence-corrected chi connectivity index (χ0v) is 14.5. The van der Waals surface area contributed by atoms with E-state index in [1.54, 1.807) is 0 Å². The Hall–Kier alpha value is -2.05. The molecule has 0 bridgehead atoms. The first-order valence-electron chi connectivity index (χ1n) is 8.51. The van der Waals surface area contributed by atoms with Crippen LogP contribution in [0.2, 0.25) is 0 Å². The van der Waals surface area contributed by atoms with Crippen molar-refractivity contribution in [2.75, 3.05) is 18.0 Å². The van der Waals surface area contributed by atoms with E-state index in [2.05, 4.69) is 29.0 Å². The Kier molecular flexibility index (Phi) is 5.60. The molecule has 0 aliphatic carbocycles. The topological polar surface area (TPSA) is 37.4 Å². The van der Waals surface area contributed by atoms with E-state index < -0.39 is 11.6 Å². The molecule has 1 aliphatic rings. The van der Waals surface area contributed by atoms with Crippen molar-refractivity contribution < 1.29 is 13.5 Å². The van der Waals surface area contributed by atoms with Gasteiger partial charge in [0.1, 0.15) is 17.5 Å². The van der Waals surface area contributed by atoms with E-state index in [-0.39, 0.29) is 18.8 Å². The lowest BCUT2D eigenvalue weighted by atomic mass is 10.2. The molecule has 134 valence electrons. The monoisotopic (exact) mass is 347 g/mol. The van der Waals surface area contributed by atoms with Crippen LogP contribution in [-0.4, -0.2) is 30.3 Å². The number of benzene rings is 1. The first kappa shape index (κ1) is 17.8. The molecule has 3 rings (SSSR count). The van der Waals surface area contributed by atoms with Gasteiger partial charge in [0.05, 0.1) is 12.2 Å². The van der Waals surface area contributed by atoms with Crippen LogP contribution < -0.4 is 10.2 Å². The molecular weight excluding hydrogens is 324 g/mol. The van der Waals surface area contributed by atoms with E-state index in [1.165, 1.54) is 6.07 Å². The number of nitrogens with zero attached hydrogens (tertiary/aromatic N) is 2. The molecule has 0 spiro atoms. The molecule has 0 saturated carbocycles. The summed E-state index contributed by atoms with van der Waals surface area (Å²) in [5, 5.41) is 3.12. The van der Waals surface area contributed by atoms with Crippen molar-refractivity contribution in [1.82, 2.24) is 10.3 Å². The van der Waals surface area contributed by atoms with Crippen LogP contribution >= 0.6 is 0 Å². The van der Waals surface area contributed by atoms with Crippen LogP contribution in [0.4, 0.5) is 14.6 Å². The van der Waals surface area contributed by atoms with E-state index >= 15 is 0 Å². The predicted octanol–water partition coefficient (Wildman–Crippen LogP) is 3.26. The molecule has 6 heteroatoms. The van der Waals surface area contributed by atoms with Gasteiger partial charge < -0.3 is 15.0 Å².